The molecule has 31 heavy (non-hydrogen) atoms. The smallest absolute Gasteiger partial charge is 0.223 e. The lowest BCUT2D eigenvalue weighted by atomic mass is 9.78. The van der Waals surface area contributed by atoms with Crippen LogP contribution in [0.2, 0.25) is 0 Å². The van der Waals surface area contributed by atoms with E-state index in [-0.39, 0.29) is 23.3 Å². The lowest BCUT2D eigenvalue weighted by Gasteiger charge is -2.44. The van der Waals surface area contributed by atoms with Gasteiger partial charge in [-0.3, -0.25) is 19.4 Å². The Morgan fingerprint density at radius 1 is 1.19 bits per heavy atom. The first-order valence-corrected chi connectivity index (χ1v) is 10.9. The van der Waals surface area contributed by atoms with Crippen molar-refractivity contribution in [2.24, 2.45) is 18.4 Å². The van der Waals surface area contributed by atoms with Crippen LogP contribution in [0.3, 0.4) is 0 Å². The van der Waals surface area contributed by atoms with Crippen molar-refractivity contribution >= 4 is 16.7 Å². The molecule has 2 aliphatic rings. The minimum absolute atomic E-state index is 0.0511. The molecule has 0 saturated carbocycles. The molecule has 0 bridgehead atoms. The van der Waals surface area contributed by atoms with Gasteiger partial charge in [0.1, 0.15) is 0 Å². The van der Waals surface area contributed by atoms with E-state index in [0.29, 0.717) is 13.2 Å². The summed E-state index contributed by atoms with van der Waals surface area (Å²) in [5.41, 5.74) is 2.54. The summed E-state index contributed by atoms with van der Waals surface area (Å²) < 4.78 is 7.29. The average Bonchev–Trinajstić information content (AvgIpc) is 3.22. The maximum absolute atomic E-state index is 13.0. The van der Waals surface area contributed by atoms with E-state index in [1.165, 1.54) is 0 Å². The summed E-state index contributed by atoms with van der Waals surface area (Å²) in [7, 11) is 1.89. The third-order valence-corrected chi connectivity index (χ3v) is 6.48. The van der Waals surface area contributed by atoms with Gasteiger partial charge in [0.25, 0.3) is 0 Å². The molecule has 1 atom stereocenters. The Morgan fingerprint density at radius 3 is 2.65 bits per heavy atom. The lowest BCUT2D eigenvalue weighted by molar-refractivity contribution is -0.140. The fraction of sp³-hybridized carbons (Fsp3) is 0.478. The number of aryl methyl sites for hydroxylation is 1. The van der Waals surface area contributed by atoms with E-state index in [1.54, 1.807) is 4.68 Å². The number of hydrogen-bond acceptors (Lipinski definition) is 6. The predicted molar refractivity (Wildman–Crippen MR) is 117 cm³/mol. The van der Waals surface area contributed by atoms with Crippen LogP contribution >= 0.6 is 0 Å². The number of pyridine rings is 2. The number of carbonyl (C=O) groups excluding carboxylic acids is 1. The van der Waals surface area contributed by atoms with Crippen LogP contribution in [0.15, 0.2) is 36.9 Å². The van der Waals surface area contributed by atoms with E-state index < -0.39 is 0 Å². The van der Waals surface area contributed by atoms with Gasteiger partial charge in [0, 0.05) is 47.9 Å². The van der Waals surface area contributed by atoms with Gasteiger partial charge >= 0.3 is 0 Å². The molecule has 0 spiro atoms. The van der Waals surface area contributed by atoms with Crippen molar-refractivity contribution in [3.63, 3.8) is 0 Å². The Kier molecular flexibility index (Phi) is 5.19. The molecule has 1 unspecified atom stereocenters. The van der Waals surface area contributed by atoms with Gasteiger partial charge < -0.3 is 15.4 Å². The molecule has 2 saturated heterocycles. The summed E-state index contributed by atoms with van der Waals surface area (Å²) >= 11 is 0. The Balaban J connectivity index is 1.47. The molecule has 8 nitrogen and oxygen atoms in total. The van der Waals surface area contributed by atoms with Crippen molar-refractivity contribution < 1.29 is 9.53 Å². The molecule has 5 heterocycles. The summed E-state index contributed by atoms with van der Waals surface area (Å²) in [5.74, 6) is 0.169. The zero-order chi connectivity index (χ0) is 21.4. The second-order valence-corrected chi connectivity index (χ2v) is 9.04. The van der Waals surface area contributed by atoms with E-state index in [4.69, 9.17) is 9.72 Å². The Morgan fingerprint density at radius 2 is 1.97 bits per heavy atom. The van der Waals surface area contributed by atoms with Crippen LogP contribution in [-0.4, -0.2) is 52.0 Å². The average molecular weight is 421 g/mol. The van der Waals surface area contributed by atoms with Crippen molar-refractivity contribution in [1.82, 2.24) is 30.4 Å². The highest BCUT2D eigenvalue weighted by molar-refractivity contribution is 5.85. The summed E-state index contributed by atoms with van der Waals surface area (Å²) in [4.78, 5) is 22.3. The van der Waals surface area contributed by atoms with Gasteiger partial charge in [-0.2, -0.15) is 5.10 Å². The SMILES string of the molecule is Cn1cc(-c2cc3cc(C(NC(=O)C4CCNCC4)C4(C)COC4)ncc3cn2)cn1. The van der Waals surface area contributed by atoms with Gasteiger partial charge in [0.2, 0.25) is 5.91 Å². The molecule has 2 N–H and O–H groups in total. The van der Waals surface area contributed by atoms with E-state index in [9.17, 15) is 4.79 Å². The zero-order valence-electron chi connectivity index (χ0n) is 18.0. The first-order chi connectivity index (χ1) is 15.0. The third-order valence-electron chi connectivity index (χ3n) is 6.48. The highest BCUT2D eigenvalue weighted by atomic mass is 16.5. The number of aromatic nitrogens is 4. The van der Waals surface area contributed by atoms with E-state index in [0.717, 1.165) is 53.7 Å². The molecule has 1 amide bonds. The first-order valence-electron chi connectivity index (χ1n) is 10.9. The van der Waals surface area contributed by atoms with Crippen molar-refractivity contribution in [3.8, 4) is 11.3 Å². The van der Waals surface area contributed by atoms with Gasteiger partial charge in [0.05, 0.1) is 36.8 Å². The number of amides is 1. The maximum Gasteiger partial charge on any atom is 0.223 e. The number of hydrogen-bond donors (Lipinski definition) is 2. The molecule has 3 aromatic heterocycles. The number of nitrogens with one attached hydrogen (secondary N) is 2. The van der Waals surface area contributed by atoms with Crippen LogP contribution in [0.5, 0.6) is 0 Å². The molecule has 0 aliphatic carbocycles. The maximum atomic E-state index is 13.0. The van der Waals surface area contributed by atoms with E-state index in [1.807, 2.05) is 31.8 Å². The minimum Gasteiger partial charge on any atom is -0.380 e. The topological polar surface area (TPSA) is 94.0 Å². The molecule has 0 aromatic carbocycles. The number of piperidine rings is 1. The molecule has 2 fully saturated rings. The third kappa shape index (κ3) is 3.93. The summed E-state index contributed by atoms with van der Waals surface area (Å²) in [6, 6.07) is 3.94. The van der Waals surface area contributed by atoms with Crippen LogP contribution < -0.4 is 10.6 Å². The predicted octanol–water partition coefficient (Wildman–Crippen LogP) is 2.22. The lowest BCUT2D eigenvalue weighted by Crippen LogP contribution is -2.52. The molecule has 8 heteroatoms. The highest BCUT2D eigenvalue weighted by Gasteiger charge is 2.44. The van der Waals surface area contributed by atoms with Gasteiger partial charge in [-0.25, -0.2) is 0 Å². The molecule has 0 radical (unpaired) electrons. The normalized spacial score (nSPS) is 19.7. The summed E-state index contributed by atoms with van der Waals surface area (Å²) in [6.07, 6.45) is 9.19. The van der Waals surface area contributed by atoms with Gasteiger partial charge in [-0.05, 0) is 43.5 Å². The fourth-order valence-electron chi connectivity index (χ4n) is 4.46. The van der Waals surface area contributed by atoms with Gasteiger partial charge in [-0.1, -0.05) is 6.92 Å². The quantitative estimate of drug-likeness (QED) is 0.657. The van der Waals surface area contributed by atoms with Crippen molar-refractivity contribution in [3.05, 3.63) is 42.6 Å². The molecule has 3 aromatic rings. The van der Waals surface area contributed by atoms with Crippen LogP contribution in [0.25, 0.3) is 22.0 Å². The first kappa shape index (κ1) is 20.1. The van der Waals surface area contributed by atoms with Crippen LogP contribution in [0.1, 0.15) is 31.5 Å². The second kappa shape index (κ2) is 8.01. The molecular formula is C23H28N6O2. The monoisotopic (exact) mass is 420 g/mol. The van der Waals surface area contributed by atoms with Crippen LogP contribution in [-0.2, 0) is 16.6 Å². The van der Waals surface area contributed by atoms with Crippen LogP contribution in [0.4, 0.5) is 0 Å². The Bertz CT molecular complexity index is 1100. The van der Waals surface area contributed by atoms with E-state index >= 15 is 0 Å². The summed E-state index contributed by atoms with van der Waals surface area (Å²) in [5, 5.41) is 12.9. The molecule has 5 rings (SSSR count). The Labute approximate surface area is 181 Å². The Hall–Kier alpha value is -2.84. The van der Waals surface area contributed by atoms with E-state index in [2.05, 4.69) is 39.8 Å². The largest absolute Gasteiger partial charge is 0.380 e. The number of nitrogens with zero attached hydrogens (tertiary/aromatic N) is 4. The highest BCUT2D eigenvalue weighted by Crippen LogP contribution is 2.40. The molecule has 162 valence electrons. The van der Waals surface area contributed by atoms with Crippen molar-refractivity contribution in [1.29, 1.82) is 0 Å². The second-order valence-electron chi connectivity index (χ2n) is 9.04. The number of carbonyl (C=O) groups is 1. The van der Waals surface area contributed by atoms with Gasteiger partial charge in [0.15, 0.2) is 0 Å². The number of fused-ring (bicyclic) bond motifs is 1. The summed E-state index contributed by atoms with van der Waals surface area (Å²) in [6.45, 7) is 5.16. The standard InChI is InChI=1S/C23H28N6O2/c1-23(13-31-14-23)21(28-22(30)15-3-5-24-6-4-15)20-8-16-7-19(18-11-27-29(2)12-18)25-9-17(16)10-26-20/h7-12,15,21,24H,3-6,13-14H2,1-2H3,(H,28,30). The van der Waals surface area contributed by atoms with Gasteiger partial charge in [-0.15, -0.1) is 0 Å². The number of ether oxygens (including phenoxy) is 1. The van der Waals surface area contributed by atoms with Crippen molar-refractivity contribution in [2.75, 3.05) is 26.3 Å². The minimum atomic E-state index is -0.192. The van der Waals surface area contributed by atoms with Crippen molar-refractivity contribution in [2.45, 2.75) is 25.8 Å². The van der Waals surface area contributed by atoms with Crippen LogP contribution in [0, 0.1) is 11.3 Å². The molecule has 2 aliphatic heterocycles. The molecular weight excluding hydrogens is 392 g/mol. The zero-order valence-corrected chi connectivity index (χ0v) is 18.0. The number of rotatable bonds is 5. The fourth-order valence-corrected chi connectivity index (χ4v) is 4.46.